The second kappa shape index (κ2) is 7.10. The zero-order valence-electron chi connectivity index (χ0n) is 10.7. The number of nitrogens with zero attached hydrogens (tertiary/aromatic N) is 1. The first-order chi connectivity index (χ1) is 8.99. The summed E-state index contributed by atoms with van der Waals surface area (Å²) in [5, 5.41) is 4.51. The molecule has 102 valence electrons. The number of nitrogens with one attached hydrogen (secondary N) is 2. The zero-order chi connectivity index (χ0) is 14.3. The fourth-order valence-corrected chi connectivity index (χ4v) is 1.16. The fourth-order valence-electron chi connectivity index (χ4n) is 1.16. The van der Waals surface area contributed by atoms with Crippen LogP contribution in [-0.4, -0.2) is 35.5 Å². The highest BCUT2D eigenvalue weighted by molar-refractivity contribution is 5.97. The molecule has 1 aromatic heterocycles. The molecule has 0 aliphatic carbocycles. The van der Waals surface area contributed by atoms with Crippen LogP contribution in [0.3, 0.4) is 0 Å². The third-order valence-corrected chi connectivity index (χ3v) is 1.92. The van der Waals surface area contributed by atoms with E-state index in [2.05, 4.69) is 10.3 Å². The topological polar surface area (TPSA) is 97.4 Å². The molecule has 1 rings (SSSR count). The number of ether oxygens (including phenoxy) is 1. The SMILES string of the molecule is CC(C)NC(=O)NC(=O)COC(=O)c1ccncc1. The molecule has 0 saturated heterocycles. The Labute approximate surface area is 110 Å². The van der Waals surface area contributed by atoms with E-state index in [9.17, 15) is 14.4 Å². The van der Waals surface area contributed by atoms with Gasteiger partial charge in [0.1, 0.15) is 0 Å². The molecule has 7 nitrogen and oxygen atoms in total. The van der Waals surface area contributed by atoms with E-state index in [1.54, 1.807) is 13.8 Å². The normalized spacial score (nSPS) is 9.84. The first-order valence-electron chi connectivity index (χ1n) is 5.66. The van der Waals surface area contributed by atoms with Gasteiger partial charge in [-0.1, -0.05) is 0 Å². The van der Waals surface area contributed by atoms with Crippen molar-refractivity contribution < 1.29 is 19.1 Å². The molecule has 0 spiro atoms. The molecule has 0 saturated carbocycles. The largest absolute Gasteiger partial charge is 0.452 e. The Morgan fingerprint density at radius 3 is 2.47 bits per heavy atom. The van der Waals surface area contributed by atoms with Crippen LogP contribution in [0.2, 0.25) is 0 Å². The number of hydrogen-bond acceptors (Lipinski definition) is 5. The van der Waals surface area contributed by atoms with Crippen molar-refractivity contribution >= 4 is 17.9 Å². The van der Waals surface area contributed by atoms with Crippen LogP contribution < -0.4 is 10.6 Å². The van der Waals surface area contributed by atoms with Gasteiger partial charge in [-0.15, -0.1) is 0 Å². The van der Waals surface area contributed by atoms with Gasteiger partial charge in [-0.2, -0.15) is 0 Å². The van der Waals surface area contributed by atoms with Gasteiger partial charge < -0.3 is 10.1 Å². The number of urea groups is 1. The Morgan fingerprint density at radius 2 is 1.89 bits per heavy atom. The van der Waals surface area contributed by atoms with E-state index in [-0.39, 0.29) is 11.6 Å². The van der Waals surface area contributed by atoms with Crippen molar-refractivity contribution in [1.82, 2.24) is 15.6 Å². The third-order valence-electron chi connectivity index (χ3n) is 1.92. The van der Waals surface area contributed by atoms with Crippen LogP contribution in [-0.2, 0) is 9.53 Å². The number of amides is 3. The van der Waals surface area contributed by atoms with Crippen molar-refractivity contribution in [1.29, 1.82) is 0 Å². The minimum absolute atomic E-state index is 0.0906. The second-order valence-electron chi connectivity index (χ2n) is 3.99. The fraction of sp³-hybridized carbons (Fsp3) is 0.333. The molecule has 0 radical (unpaired) electrons. The van der Waals surface area contributed by atoms with E-state index in [1.165, 1.54) is 24.5 Å². The molecule has 0 aromatic carbocycles. The maximum atomic E-state index is 11.5. The Bertz CT molecular complexity index is 459. The van der Waals surface area contributed by atoms with E-state index in [1.807, 2.05) is 5.32 Å². The number of carbonyl (C=O) groups is 3. The average Bonchev–Trinajstić information content (AvgIpc) is 2.36. The highest BCUT2D eigenvalue weighted by atomic mass is 16.5. The summed E-state index contributed by atoms with van der Waals surface area (Å²) < 4.78 is 4.74. The summed E-state index contributed by atoms with van der Waals surface area (Å²) in [6.45, 7) is 2.99. The number of pyridine rings is 1. The first-order valence-corrected chi connectivity index (χ1v) is 5.66. The number of imide groups is 1. The van der Waals surface area contributed by atoms with Crippen molar-refractivity contribution in [2.24, 2.45) is 0 Å². The van der Waals surface area contributed by atoms with Crippen LogP contribution in [0.5, 0.6) is 0 Å². The summed E-state index contributed by atoms with van der Waals surface area (Å²) in [5.74, 6) is -1.35. The maximum Gasteiger partial charge on any atom is 0.338 e. The highest BCUT2D eigenvalue weighted by Gasteiger charge is 2.12. The van der Waals surface area contributed by atoms with Crippen molar-refractivity contribution in [2.45, 2.75) is 19.9 Å². The van der Waals surface area contributed by atoms with E-state index in [4.69, 9.17) is 4.74 Å². The van der Waals surface area contributed by atoms with Crippen molar-refractivity contribution in [3.8, 4) is 0 Å². The van der Waals surface area contributed by atoms with Crippen LogP contribution in [0, 0.1) is 0 Å². The number of esters is 1. The Balaban J connectivity index is 2.35. The molecule has 0 unspecified atom stereocenters. The summed E-state index contributed by atoms with van der Waals surface area (Å²) in [4.78, 5) is 37.7. The maximum absolute atomic E-state index is 11.5. The van der Waals surface area contributed by atoms with Crippen LogP contribution in [0.1, 0.15) is 24.2 Å². The predicted molar refractivity (Wildman–Crippen MR) is 66.3 cm³/mol. The van der Waals surface area contributed by atoms with Crippen molar-refractivity contribution in [2.75, 3.05) is 6.61 Å². The van der Waals surface area contributed by atoms with Gasteiger partial charge in [-0.3, -0.25) is 15.1 Å². The minimum Gasteiger partial charge on any atom is -0.452 e. The Morgan fingerprint density at radius 1 is 1.26 bits per heavy atom. The van der Waals surface area contributed by atoms with Crippen LogP contribution in [0.15, 0.2) is 24.5 Å². The smallest absolute Gasteiger partial charge is 0.338 e. The lowest BCUT2D eigenvalue weighted by atomic mass is 10.3. The van der Waals surface area contributed by atoms with Gasteiger partial charge >= 0.3 is 12.0 Å². The van der Waals surface area contributed by atoms with Gasteiger partial charge in [0.2, 0.25) is 0 Å². The second-order valence-corrected chi connectivity index (χ2v) is 3.99. The van der Waals surface area contributed by atoms with E-state index >= 15 is 0 Å². The van der Waals surface area contributed by atoms with Gasteiger partial charge in [0.25, 0.3) is 5.91 Å². The lowest BCUT2D eigenvalue weighted by Gasteiger charge is -2.09. The molecule has 3 amide bonds. The Kier molecular flexibility index (Phi) is 5.46. The monoisotopic (exact) mass is 265 g/mol. The Hall–Kier alpha value is -2.44. The third kappa shape index (κ3) is 5.62. The first kappa shape index (κ1) is 14.6. The molecule has 0 aliphatic rings. The number of carbonyl (C=O) groups excluding carboxylic acids is 3. The summed E-state index contributed by atoms with van der Waals surface area (Å²) in [6.07, 6.45) is 2.87. The summed E-state index contributed by atoms with van der Waals surface area (Å²) in [6, 6.07) is 2.21. The van der Waals surface area contributed by atoms with Gasteiger partial charge in [-0.25, -0.2) is 9.59 Å². The van der Waals surface area contributed by atoms with E-state index in [0.29, 0.717) is 0 Å². The molecule has 0 bridgehead atoms. The van der Waals surface area contributed by atoms with Gasteiger partial charge in [-0.05, 0) is 26.0 Å². The van der Waals surface area contributed by atoms with E-state index < -0.39 is 24.5 Å². The number of hydrogen-bond donors (Lipinski definition) is 2. The number of rotatable bonds is 4. The zero-order valence-corrected chi connectivity index (χ0v) is 10.7. The summed E-state index contributed by atoms with van der Waals surface area (Å²) >= 11 is 0. The van der Waals surface area contributed by atoms with Crippen molar-refractivity contribution in [3.63, 3.8) is 0 Å². The van der Waals surface area contributed by atoms with Gasteiger partial charge in [0.05, 0.1) is 5.56 Å². The molecule has 1 heterocycles. The molecule has 0 fully saturated rings. The molecule has 1 aromatic rings. The van der Waals surface area contributed by atoms with Crippen LogP contribution in [0.25, 0.3) is 0 Å². The van der Waals surface area contributed by atoms with Gasteiger partial charge in [0.15, 0.2) is 6.61 Å². The molecular weight excluding hydrogens is 250 g/mol. The molecule has 0 aliphatic heterocycles. The summed E-state index contributed by atoms with van der Waals surface area (Å²) in [7, 11) is 0. The lowest BCUT2D eigenvalue weighted by Crippen LogP contribution is -2.44. The lowest BCUT2D eigenvalue weighted by molar-refractivity contribution is -0.123. The number of aromatic nitrogens is 1. The van der Waals surface area contributed by atoms with Crippen LogP contribution >= 0.6 is 0 Å². The van der Waals surface area contributed by atoms with E-state index in [0.717, 1.165) is 0 Å². The molecule has 7 heteroatoms. The molecule has 2 N–H and O–H groups in total. The molecule has 19 heavy (non-hydrogen) atoms. The minimum atomic E-state index is -0.694. The standard InChI is InChI=1S/C12H15N3O4/c1-8(2)14-12(18)15-10(16)7-19-11(17)9-3-5-13-6-4-9/h3-6,8H,7H2,1-2H3,(H2,14,15,16,18). The summed E-state index contributed by atoms with van der Waals surface area (Å²) in [5.41, 5.74) is 0.287. The highest BCUT2D eigenvalue weighted by Crippen LogP contribution is 1.98. The van der Waals surface area contributed by atoms with Gasteiger partial charge in [0, 0.05) is 18.4 Å². The van der Waals surface area contributed by atoms with Crippen LogP contribution in [0.4, 0.5) is 4.79 Å². The van der Waals surface area contributed by atoms with Crippen molar-refractivity contribution in [3.05, 3.63) is 30.1 Å². The molecule has 0 atom stereocenters. The average molecular weight is 265 g/mol. The quantitative estimate of drug-likeness (QED) is 0.771. The molecular formula is C12H15N3O4. The predicted octanol–water partition coefficient (Wildman–Crippen LogP) is 0.473.